The largest absolute Gasteiger partial charge is 0.394 e. The van der Waals surface area contributed by atoms with E-state index in [1.807, 2.05) is 12.1 Å². The van der Waals surface area contributed by atoms with E-state index in [1.165, 1.54) is 11.1 Å². The fraction of sp³-hybridized carbons (Fsp3) is 0.615. The van der Waals surface area contributed by atoms with E-state index in [0.717, 1.165) is 75.3 Å². The Morgan fingerprint density at radius 1 is 1.00 bits per heavy atom. The number of benzene rings is 1. The van der Waals surface area contributed by atoms with Crippen LogP contribution in [0.2, 0.25) is 0 Å². The van der Waals surface area contributed by atoms with Gasteiger partial charge in [-0.25, -0.2) is 0 Å². The van der Waals surface area contributed by atoms with Gasteiger partial charge in [0.2, 0.25) is 17.7 Å². The van der Waals surface area contributed by atoms with Crippen LogP contribution in [0.3, 0.4) is 0 Å². The van der Waals surface area contributed by atoms with Crippen molar-refractivity contribution in [1.82, 2.24) is 10.6 Å². The molecule has 8 heteroatoms. The number of carbonyl (C=O) groups is 3. The quantitative estimate of drug-likeness (QED) is 0.204. The molecule has 0 heterocycles. The maximum absolute atomic E-state index is 14.4. The highest BCUT2D eigenvalue weighted by Gasteiger charge is 2.58. The smallest absolute Gasteiger partial charge is 0.243 e. The summed E-state index contributed by atoms with van der Waals surface area (Å²) in [6.45, 7) is 10.4. The minimum absolute atomic E-state index is 0.0330. The highest BCUT2D eigenvalue weighted by Crippen LogP contribution is 2.61. The Morgan fingerprint density at radius 2 is 1.60 bits per heavy atom. The van der Waals surface area contributed by atoms with E-state index in [-0.39, 0.29) is 47.0 Å². The van der Waals surface area contributed by atoms with Gasteiger partial charge >= 0.3 is 0 Å². The van der Waals surface area contributed by atoms with Crippen LogP contribution in [0.15, 0.2) is 41.1 Å². The van der Waals surface area contributed by atoms with E-state index in [4.69, 9.17) is 12.2 Å². The number of terminal acetylenes is 1. The summed E-state index contributed by atoms with van der Waals surface area (Å²) in [4.78, 5) is 41.5. The highest BCUT2D eigenvalue weighted by atomic mass is 16.3. The third-order valence-corrected chi connectivity index (χ3v) is 13.0. The summed E-state index contributed by atoms with van der Waals surface area (Å²) >= 11 is 0. The highest BCUT2D eigenvalue weighted by molar-refractivity contribution is 6.01. The summed E-state index contributed by atoms with van der Waals surface area (Å²) in [5, 5.41) is 18.4. The zero-order valence-corrected chi connectivity index (χ0v) is 29.1. The van der Waals surface area contributed by atoms with Crippen molar-refractivity contribution in [3.05, 3.63) is 52.2 Å². The fourth-order valence-electron chi connectivity index (χ4n) is 10.3. The van der Waals surface area contributed by atoms with E-state index in [1.54, 1.807) is 7.05 Å². The molecule has 4 aliphatic carbocycles. The maximum Gasteiger partial charge on any atom is 0.243 e. The first kappa shape index (κ1) is 34.9. The van der Waals surface area contributed by atoms with Crippen molar-refractivity contribution in [2.45, 2.75) is 110 Å². The van der Waals surface area contributed by atoms with Crippen molar-refractivity contribution in [2.75, 3.05) is 19.0 Å². The molecular weight excluding hydrogens is 588 g/mol. The third-order valence-electron chi connectivity index (χ3n) is 13.0. The lowest BCUT2D eigenvalue weighted by Gasteiger charge is -2.56. The molecule has 0 bridgehead atoms. The predicted molar refractivity (Wildman–Crippen MR) is 186 cm³/mol. The van der Waals surface area contributed by atoms with Gasteiger partial charge in [0.15, 0.2) is 0 Å². The first-order chi connectivity index (χ1) is 22.2. The second kappa shape index (κ2) is 12.9. The van der Waals surface area contributed by atoms with Gasteiger partial charge in [-0.3, -0.25) is 19.7 Å². The number of fused-ring (bicyclic) bond motifs is 4. The Labute approximate surface area is 280 Å². The second-order valence-corrected chi connectivity index (χ2v) is 15.7. The number of amides is 3. The van der Waals surface area contributed by atoms with Crippen molar-refractivity contribution < 1.29 is 19.5 Å². The zero-order valence-electron chi connectivity index (χ0n) is 29.1. The molecule has 0 radical (unpaired) electrons. The lowest BCUT2D eigenvalue weighted by Crippen LogP contribution is -2.59. The van der Waals surface area contributed by atoms with Crippen LogP contribution >= 0.6 is 0 Å². The van der Waals surface area contributed by atoms with Crippen LogP contribution in [0.5, 0.6) is 0 Å². The molecule has 1 aromatic rings. The van der Waals surface area contributed by atoms with Crippen LogP contribution in [-0.2, 0) is 26.2 Å². The summed E-state index contributed by atoms with van der Waals surface area (Å²) in [6, 6.07) is 5.35. The van der Waals surface area contributed by atoms with Crippen LogP contribution in [0.1, 0.15) is 104 Å². The molecular formula is C39H54N4O4. The number of imide groups is 1. The van der Waals surface area contributed by atoms with Gasteiger partial charge in [-0.2, -0.15) is 0 Å². The molecule has 8 nitrogen and oxygen atoms in total. The number of aliphatic hydroxyl groups excluding tert-OH is 1. The standard InChI is InChI=1S/C39H54N4O4/c1-8-26(40)21-28-24(2)11-15-31-36(28,3)17-9-19-38(31,5)34(46)43-35(47)39(6)20-10-18-37(4)29-22-27(42-33(45)30(23-44)41-7)14-12-25(29)13-16-32(37)39/h1,12,14,21-22,30-32,41,44H,9-11,13,15-20,23,40H2,2-7H3,(H,42,45)(H,43,46,47)/b26-21+/t30-,31+,32?,36+,37+,38-,39-/m0/s1. The number of likely N-dealkylation sites (N-methyl/N-ethyl adjacent to an activating group) is 1. The number of hydrogen-bond acceptors (Lipinski definition) is 6. The van der Waals surface area contributed by atoms with Gasteiger partial charge in [-0.15, -0.1) is 6.42 Å². The first-order valence-corrected chi connectivity index (χ1v) is 17.4. The van der Waals surface area contributed by atoms with Crippen molar-refractivity contribution in [3.63, 3.8) is 0 Å². The van der Waals surface area contributed by atoms with Gasteiger partial charge in [0.25, 0.3) is 0 Å². The van der Waals surface area contributed by atoms with Gasteiger partial charge in [-0.1, -0.05) is 58.1 Å². The summed E-state index contributed by atoms with van der Waals surface area (Å²) in [6.07, 6.45) is 16.1. The number of rotatable bonds is 7. The summed E-state index contributed by atoms with van der Waals surface area (Å²) in [5.41, 5.74) is 10.0. The fourth-order valence-corrected chi connectivity index (χ4v) is 10.3. The molecule has 0 spiro atoms. The Morgan fingerprint density at radius 3 is 2.19 bits per heavy atom. The molecule has 0 saturated heterocycles. The minimum atomic E-state index is -0.722. The number of allylic oxidation sites excluding steroid dienone is 4. The average Bonchev–Trinajstić information content (AvgIpc) is 3.03. The minimum Gasteiger partial charge on any atom is -0.394 e. The summed E-state index contributed by atoms with van der Waals surface area (Å²) in [5.74, 6) is 2.03. The van der Waals surface area contributed by atoms with Crippen molar-refractivity contribution in [1.29, 1.82) is 0 Å². The number of carbonyl (C=O) groups excluding carboxylic acids is 3. The molecule has 6 N–H and O–H groups in total. The molecule has 0 aromatic heterocycles. The number of nitrogens with one attached hydrogen (secondary N) is 3. The number of hydrogen-bond donors (Lipinski definition) is 5. The normalized spacial score (nSPS) is 34.2. The van der Waals surface area contributed by atoms with Crippen molar-refractivity contribution >= 4 is 23.4 Å². The van der Waals surface area contributed by atoms with Gasteiger partial charge in [-0.05, 0) is 123 Å². The first-order valence-electron chi connectivity index (χ1n) is 17.4. The van der Waals surface area contributed by atoms with Crippen LogP contribution < -0.4 is 21.7 Å². The van der Waals surface area contributed by atoms with E-state index in [0.29, 0.717) is 11.4 Å². The van der Waals surface area contributed by atoms with E-state index in [2.05, 4.69) is 68.6 Å². The Hall–Kier alpha value is -3.41. The van der Waals surface area contributed by atoms with Crippen molar-refractivity contribution in [2.24, 2.45) is 33.8 Å². The zero-order chi connectivity index (χ0) is 34.4. The van der Waals surface area contributed by atoms with Crippen LogP contribution in [0, 0.1) is 40.4 Å². The van der Waals surface area contributed by atoms with Gasteiger partial charge < -0.3 is 21.5 Å². The Bertz CT molecular complexity index is 1550. The monoisotopic (exact) mass is 642 g/mol. The molecule has 47 heavy (non-hydrogen) atoms. The maximum atomic E-state index is 14.4. The lowest BCUT2D eigenvalue weighted by atomic mass is 9.49. The topological polar surface area (TPSA) is 134 Å². The number of aliphatic hydroxyl groups is 1. The summed E-state index contributed by atoms with van der Waals surface area (Å²) in [7, 11) is 1.64. The average molecular weight is 643 g/mol. The van der Waals surface area contributed by atoms with Crippen LogP contribution in [0.25, 0.3) is 0 Å². The van der Waals surface area contributed by atoms with Crippen molar-refractivity contribution in [3.8, 4) is 12.3 Å². The van der Waals surface area contributed by atoms with E-state index < -0.39 is 16.9 Å². The third kappa shape index (κ3) is 5.84. The molecule has 7 atom stereocenters. The lowest BCUT2D eigenvalue weighted by molar-refractivity contribution is -0.151. The van der Waals surface area contributed by atoms with Gasteiger partial charge in [0.1, 0.15) is 6.04 Å². The Kier molecular flexibility index (Phi) is 9.58. The number of aryl methyl sites for hydroxylation is 1. The second-order valence-electron chi connectivity index (χ2n) is 15.7. The van der Waals surface area contributed by atoms with E-state index in [9.17, 15) is 19.5 Å². The Balaban J connectivity index is 1.40. The predicted octanol–water partition coefficient (Wildman–Crippen LogP) is 5.26. The molecule has 5 rings (SSSR count). The number of nitrogens with two attached hydrogens (primary N) is 1. The SMILES string of the molecule is C#C/C(N)=C\C1=C(C)CC[C@H]2[C@@](C)(C(=O)NC(=O)[C@@]3(C)CCC[C@]4(C)c5cc(NC(=O)[C@H](CO)NC)ccc5CCC34)CCC[C@]12C. The molecule has 254 valence electrons. The molecule has 2 saturated carbocycles. The molecule has 1 aromatic carbocycles. The molecule has 3 amide bonds. The van der Waals surface area contributed by atoms with Gasteiger partial charge in [0, 0.05) is 5.69 Å². The molecule has 4 aliphatic rings. The van der Waals surface area contributed by atoms with Crippen LogP contribution in [-0.4, -0.2) is 42.5 Å². The van der Waals surface area contributed by atoms with E-state index >= 15 is 0 Å². The molecule has 2 fully saturated rings. The molecule has 1 unspecified atom stereocenters. The number of anilines is 1. The van der Waals surface area contributed by atoms with Crippen LogP contribution in [0.4, 0.5) is 5.69 Å². The molecule has 0 aliphatic heterocycles. The van der Waals surface area contributed by atoms with Gasteiger partial charge in [0.05, 0.1) is 23.1 Å². The summed E-state index contributed by atoms with van der Waals surface area (Å²) < 4.78 is 0.